The summed E-state index contributed by atoms with van der Waals surface area (Å²) in [5.41, 5.74) is -2.88. The van der Waals surface area contributed by atoms with Gasteiger partial charge in [-0.05, 0) is 12.8 Å². The van der Waals surface area contributed by atoms with Crippen molar-refractivity contribution in [1.82, 2.24) is 5.32 Å². The second-order valence-corrected chi connectivity index (χ2v) is 6.00. The number of alkyl halides is 2. The molecule has 0 aromatic carbocycles. The van der Waals surface area contributed by atoms with Gasteiger partial charge in [-0.1, -0.05) is 12.8 Å². The molecule has 122 valence electrons. The Hall–Kier alpha value is -0.790. The lowest BCUT2D eigenvalue weighted by molar-refractivity contribution is -0.192. The van der Waals surface area contributed by atoms with E-state index in [4.69, 9.17) is 9.47 Å². The maximum Gasteiger partial charge on any atom is 0.352 e. The summed E-state index contributed by atoms with van der Waals surface area (Å²) in [5, 5.41) is 12.2. The number of aliphatic hydroxyl groups is 1. The van der Waals surface area contributed by atoms with E-state index in [0.717, 1.165) is 0 Å². The molecule has 0 bridgehead atoms. The number of halogens is 2. The molecule has 0 aromatic rings. The lowest BCUT2D eigenvalue weighted by Gasteiger charge is -2.37. The van der Waals surface area contributed by atoms with Crippen LogP contribution >= 0.6 is 0 Å². The minimum absolute atomic E-state index is 0.00262. The summed E-state index contributed by atoms with van der Waals surface area (Å²) in [6.07, 6.45) is 2.02. The largest absolute Gasteiger partial charge is 0.383 e. The van der Waals surface area contributed by atoms with E-state index in [9.17, 15) is 18.7 Å². The molecule has 0 atom stereocenters. The molecule has 0 spiro atoms. The van der Waals surface area contributed by atoms with Crippen LogP contribution in [0.15, 0.2) is 0 Å². The van der Waals surface area contributed by atoms with Crippen molar-refractivity contribution in [3.63, 3.8) is 0 Å². The predicted molar refractivity (Wildman–Crippen MR) is 71.2 cm³/mol. The Bertz CT molecular complexity index is 377. The topological polar surface area (TPSA) is 67.8 Å². The van der Waals surface area contributed by atoms with Gasteiger partial charge in [0.2, 0.25) is 0 Å². The molecular formula is C14H23F2NO4. The molecule has 5 nitrogen and oxygen atoms in total. The third kappa shape index (κ3) is 3.19. The van der Waals surface area contributed by atoms with Crippen molar-refractivity contribution in [2.24, 2.45) is 0 Å². The summed E-state index contributed by atoms with van der Waals surface area (Å²) >= 11 is 0. The highest BCUT2D eigenvalue weighted by Crippen LogP contribution is 2.42. The number of nitrogens with one attached hydrogen (secondary N) is 1. The Labute approximate surface area is 123 Å². The van der Waals surface area contributed by atoms with Crippen molar-refractivity contribution in [3.8, 4) is 0 Å². The SMILES string of the molecule is COC1(CNC(=O)C(F)(F)C2(O)CCCC2)CCOCC1. The predicted octanol–water partition coefficient (Wildman–Crippen LogP) is 1.24. The smallest absolute Gasteiger partial charge is 0.352 e. The van der Waals surface area contributed by atoms with Gasteiger partial charge in [0.15, 0.2) is 0 Å². The summed E-state index contributed by atoms with van der Waals surface area (Å²) in [7, 11) is 1.50. The van der Waals surface area contributed by atoms with E-state index in [1.54, 1.807) is 0 Å². The summed E-state index contributed by atoms with van der Waals surface area (Å²) in [6.45, 7) is 0.950. The van der Waals surface area contributed by atoms with Crippen molar-refractivity contribution >= 4 is 5.91 Å². The first-order chi connectivity index (χ1) is 9.85. The highest BCUT2D eigenvalue weighted by molar-refractivity contribution is 5.85. The summed E-state index contributed by atoms with van der Waals surface area (Å²) in [5.74, 6) is -5.20. The van der Waals surface area contributed by atoms with Crippen LogP contribution in [0.25, 0.3) is 0 Å². The molecule has 2 N–H and O–H groups in total. The van der Waals surface area contributed by atoms with E-state index in [-0.39, 0.29) is 19.4 Å². The molecule has 2 fully saturated rings. The van der Waals surface area contributed by atoms with Gasteiger partial charge in [0.05, 0.1) is 5.60 Å². The molecule has 2 aliphatic rings. The maximum absolute atomic E-state index is 14.2. The van der Waals surface area contributed by atoms with Crippen LogP contribution < -0.4 is 5.32 Å². The standard InChI is InChI=1S/C14H23F2NO4/c1-20-12(6-8-21-9-7-12)10-17-11(18)14(15,16)13(19)4-2-3-5-13/h19H,2-10H2,1H3,(H,17,18). The normalized spacial score (nSPS) is 24.8. The van der Waals surface area contributed by atoms with Crippen molar-refractivity contribution in [2.75, 3.05) is 26.9 Å². The number of methoxy groups -OCH3 is 1. The van der Waals surface area contributed by atoms with Crippen LogP contribution in [0.2, 0.25) is 0 Å². The highest BCUT2D eigenvalue weighted by atomic mass is 19.3. The second kappa shape index (κ2) is 6.14. The van der Waals surface area contributed by atoms with E-state index in [1.165, 1.54) is 7.11 Å². The quantitative estimate of drug-likeness (QED) is 0.802. The molecule has 1 aliphatic carbocycles. The Morgan fingerprint density at radius 1 is 1.29 bits per heavy atom. The molecule has 7 heteroatoms. The van der Waals surface area contributed by atoms with Gasteiger partial charge in [0.25, 0.3) is 5.91 Å². The van der Waals surface area contributed by atoms with Crippen molar-refractivity contribution in [2.45, 2.75) is 55.6 Å². The zero-order chi connectivity index (χ0) is 15.6. The van der Waals surface area contributed by atoms with Gasteiger partial charge in [0.1, 0.15) is 5.60 Å². The van der Waals surface area contributed by atoms with E-state index in [2.05, 4.69) is 5.32 Å². The van der Waals surface area contributed by atoms with Crippen LogP contribution in [0.1, 0.15) is 38.5 Å². The fourth-order valence-electron chi connectivity index (χ4n) is 3.03. The first-order valence-corrected chi connectivity index (χ1v) is 7.37. The lowest BCUT2D eigenvalue weighted by Crippen LogP contribution is -2.58. The minimum Gasteiger partial charge on any atom is -0.383 e. The molecule has 0 radical (unpaired) electrons. The lowest BCUT2D eigenvalue weighted by atomic mass is 9.91. The summed E-state index contributed by atoms with van der Waals surface area (Å²) in [4.78, 5) is 11.8. The zero-order valence-corrected chi connectivity index (χ0v) is 12.3. The average Bonchev–Trinajstić information content (AvgIpc) is 2.94. The first kappa shape index (κ1) is 16.6. The molecule has 0 aromatic heterocycles. The van der Waals surface area contributed by atoms with Crippen LogP contribution in [0.4, 0.5) is 8.78 Å². The van der Waals surface area contributed by atoms with Crippen LogP contribution in [0.3, 0.4) is 0 Å². The molecular weight excluding hydrogens is 284 g/mol. The molecule has 2 rings (SSSR count). The molecule has 1 saturated heterocycles. The molecule has 1 saturated carbocycles. The average molecular weight is 307 g/mol. The van der Waals surface area contributed by atoms with Crippen LogP contribution in [-0.4, -0.2) is 55.0 Å². The molecule has 1 heterocycles. The molecule has 21 heavy (non-hydrogen) atoms. The van der Waals surface area contributed by atoms with Gasteiger partial charge in [-0.25, -0.2) is 0 Å². The number of rotatable bonds is 5. The van der Waals surface area contributed by atoms with Gasteiger partial charge in [-0.3, -0.25) is 4.79 Å². The van der Waals surface area contributed by atoms with Crippen molar-refractivity contribution in [3.05, 3.63) is 0 Å². The number of hydrogen-bond acceptors (Lipinski definition) is 4. The van der Waals surface area contributed by atoms with E-state index in [0.29, 0.717) is 38.9 Å². The first-order valence-electron chi connectivity index (χ1n) is 7.37. The minimum atomic E-state index is -3.77. The monoisotopic (exact) mass is 307 g/mol. The van der Waals surface area contributed by atoms with E-state index in [1.807, 2.05) is 0 Å². The fraction of sp³-hybridized carbons (Fsp3) is 0.929. The molecule has 1 amide bonds. The van der Waals surface area contributed by atoms with Crippen molar-refractivity contribution < 1.29 is 28.2 Å². The fourth-order valence-corrected chi connectivity index (χ4v) is 3.03. The number of carbonyl (C=O) groups excluding carboxylic acids is 1. The second-order valence-electron chi connectivity index (χ2n) is 6.00. The zero-order valence-electron chi connectivity index (χ0n) is 12.3. The highest BCUT2D eigenvalue weighted by Gasteiger charge is 2.59. The van der Waals surface area contributed by atoms with E-state index >= 15 is 0 Å². The number of carbonyl (C=O) groups is 1. The van der Waals surface area contributed by atoms with Gasteiger partial charge in [-0.15, -0.1) is 0 Å². The Kier molecular flexibility index (Phi) is 4.85. The number of ether oxygens (including phenoxy) is 2. The number of hydrogen-bond donors (Lipinski definition) is 2. The van der Waals surface area contributed by atoms with Crippen molar-refractivity contribution in [1.29, 1.82) is 0 Å². The van der Waals surface area contributed by atoms with E-state index < -0.39 is 23.0 Å². The Morgan fingerprint density at radius 3 is 2.38 bits per heavy atom. The van der Waals surface area contributed by atoms with Crippen LogP contribution in [0, 0.1) is 0 Å². The Morgan fingerprint density at radius 2 is 1.86 bits per heavy atom. The van der Waals surface area contributed by atoms with Crippen LogP contribution in [-0.2, 0) is 14.3 Å². The van der Waals surface area contributed by atoms with Gasteiger partial charge in [0, 0.05) is 39.7 Å². The van der Waals surface area contributed by atoms with Gasteiger partial charge < -0.3 is 19.9 Å². The third-order valence-electron chi connectivity index (χ3n) is 4.71. The third-order valence-corrected chi connectivity index (χ3v) is 4.71. The molecule has 1 aliphatic heterocycles. The summed E-state index contributed by atoms with van der Waals surface area (Å²) < 4.78 is 38.9. The van der Waals surface area contributed by atoms with Gasteiger partial charge in [-0.2, -0.15) is 8.78 Å². The summed E-state index contributed by atoms with van der Waals surface area (Å²) in [6, 6.07) is 0. The van der Waals surface area contributed by atoms with Gasteiger partial charge >= 0.3 is 5.92 Å². The maximum atomic E-state index is 14.2. The molecule has 0 unspecified atom stereocenters. The van der Waals surface area contributed by atoms with Crippen LogP contribution in [0.5, 0.6) is 0 Å². The Balaban J connectivity index is 1.97. The number of amides is 1.